The van der Waals surface area contributed by atoms with Crippen molar-refractivity contribution in [2.45, 2.75) is 46.5 Å². The maximum atomic E-state index is 12.3. The fourth-order valence-electron chi connectivity index (χ4n) is 1.93. The van der Waals surface area contributed by atoms with Gasteiger partial charge in [0.15, 0.2) is 0 Å². The highest BCUT2D eigenvalue weighted by atomic mass is 32.1. The maximum absolute atomic E-state index is 12.3. The summed E-state index contributed by atoms with van der Waals surface area (Å²) in [4.78, 5) is 10.7. The number of anilines is 1. The van der Waals surface area contributed by atoms with Gasteiger partial charge in [-0.15, -0.1) is 11.3 Å². The molecule has 22 heavy (non-hydrogen) atoms. The third-order valence-corrected chi connectivity index (χ3v) is 4.76. The van der Waals surface area contributed by atoms with Crippen molar-refractivity contribution in [1.29, 1.82) is 0 Å². The highest BCUT2D eigenvalue weighted by Crippen LogP contribution is 2.22. The smallest absolute Gasteiger partial charge is 0.338 e. The summed E-state index contributed by atoms with van der Waals surface area (Å²) >= 11 is 2.85. The van der Waals surface area contributed by atoms with E-state index in [1.54, 1.807) is 25.2 Å². The van der Waals surface area contributed by atoms with Crippen LogP contribution in [0.5, 0.6) is 0 Å². The molecule has 0 aromatic carbocycles. The molecule has 2 heterocycles. The van der Waals surface area contributed by atoms with Crippen LogP contribution in [-0.2, 0) is 17.7 Å². The fourth-order valence-corrected chi connectivity index (χ4v) is 3.35. The average Bonchev–Trinajstić information content (AvgIpc) is 3.06. The molecular weight excluding hydrogens is 330 g/mol. The first kappa shape index (κ1) is 17.2. The van der Waals surface area contributed by atoms with E-state index in [-0.39, 0.29) is 0 Å². The van der Waals surface area contributed by atoms with Crippen LogP contribution in [0, 0.1) is 6.92 Å². The summed E-state index contributed by atoms with van der Waals surface area (Å²) in [5.41, 5.74) is 0.902. The van der Waals surface area contributed by atoms with Gasteiger partial charge in [0, 0.05) is 23.5 Å². The second-order valence-electron chi connectivity index (χ2n) is 4.80. The molecule has 5 nitrogen and oxygen atoms in total. The molecule has 1 unspecified atom stereocenters. The van der Waals surface area contributed by atoms with Crippen molar-refractivity contribution in [2.75, 3.05) is 11.4 Å². The van der Waals surface area contributed by atoms with Crippen molar-refractivity contribution >= 4 is 28.0 Å². The molecule has 0 radical (unpaired) electrons. The van der Waals surface area contributed by atoms with Gasteiger partial charge < -0.3 is 9.64 Å². The first-order valence-electron chi connectivity index (χ1n) is 6.90. The second kappa shape index (κ2) is 7.89. The normalized spacial score (nSPS) is 12.8. The Morgan fingerprint density at radius 3 is 2.68 bits per heavy atom. The van der Waals surface area contributed by atoms with E-state index < -0.39 is 12.7 Å². The van der Waals surface area contributed by atoms with Crippen molar-refractivity contribution in [3.8, 4) is 0 Å². The van der Waals surface area contributed by atoms with E-state index >= 15 is 0 Å². The molecule has 0 aliphatic carbocycles. The number of aryl methyl sites for hydroxylation is 2. The molecule has 0 amide bonds. The molecule has 0 spiro atoms. The zero-order chi connectivity index (χ0) is 16.1. The zero-order valence-corrected chi connectivity index (χ0v) is 14.3. The minimum Gasteiger partial charge on any atom is -0.338 e. The van der Waals surface area contributed by atoms with Gasteiger partial charge in [0.05, 0.1) is 23.4 Å². The predicted octanol–water partition coefficient (Wildman–Crippen LogP) is 3.50. The topological polar surface area (TPSA) is 51.1 Å². The number of rotatable bonds is 8. The largest absolute Gasteiger partial charge is 0.345 e. The molecule has 1 atom stereocenters. The maximum Gasteiger partial charge on any atom is 0.345 e. The van der Waals surface area contributed by atoms with Crippen molar-refractivity contribution < 1.29 is 13.5 Å². The molecule has 0 N–H and O–H groups in total. The van der Waals surface area contributed by atoms with Crippen LogP contribution >= 0.6 is 22.9 Å². The molecule has 0 aliphatic heterocycles. The SMILES string of the molecule is CCc1nc(CN(CC(C)OC(F)F)c2nc(C)ns2)cs1. The van der Waals surface area contributed by atoms with Gasteiger partial charge in [-0.2, -0.15) is 13.2 Å². The standard InChI is InChI=1S/C13H18F2N4OS2/c1-4-11-17-10(7-21-11)6-19(5-8(2)20-12(14)15)13-16-9(3)18-22-13/h7-8,12H,4-6H2,1-3H3. The Hall–Kier alpha value is -1.19. The number of hydrogen-bond donors (Lipinski definition) is 0. The minimum absolute atomic E-state index is 0.304. The molecule has 0 saturated heterocycles. The molecule has 0 fully saturated rings. The quantitative estimate of drug-likeness (QED) is 0.731. The number of nitrogens with zero attached hydrogens (tertiary/aromatic N) is 4. The summed E-state index contributed by atoms with van der Waals surface area (Å²) in [6.45, 7) is 3.49. The van der Waals surface area contributed by atoms with E-state index in [1.165, 1.54) is 11.5 Å². The highest BCUT2D eigenvalue weighted by molar-refractivity contribution is 7.10. The Bertz CT molecular complexity index is 590. The van der Waals surface area contributed by atoms with Crippen LogP contribution in [0.15, 0.2) is 5.38 Å². The Kier molecular flexibility index (Phi) is 6.16. The number of alkyl halides is 2. The van der Waals surface area contributed by atoms with Crippen LogP contribution in [0.4, 0.5) is 13.9 Å². The number of aromatic nitrogens is 3. The van der Waals surface area contributed by atoms with Gasteiger partial charge in [0.2, 0.25) is 5.13 Å². The van der Waals surface area contributed by atoms with Gasteiger partial charge in [-0.25, -0.2) is 9.97 Å². The van der Waals surface area contributed by atoms with Gasteiger partial charge in [0.1, 0.15) is 5.82 Å². The van der Waals surface area contributed by atoms with Crippen LogP contribution in [0.1, 0.15) is 30.4 Å². The zero-order valence-electron chi connectivity index (χ0n) is 12.6. The first-order chi connectivity index (χ1) is 10.5. The average molecular weight is 348 g/mol. The van der Waals surface area contributed by atoms with Crippen LogP contribution < -0.4 is 4.90 Å². The van der Waals surface area contributed by atoms with Crippen LogP contribution in [-0.4, -0.2) is 33.6 Å². The number of halogens is 2. The monoisotopic (exact) mass is 348 g/mol. The lowest BCUT2D eigenvalue weighted by Crippen LogP contribution is -2.33. The number of ether oxygens (including phenoxy) is 1. The third kappa shape index (κ3) is 4.92. The van der Waals surface area contributed by atoms with Crippen LogP contribution in [0.3, 0.4) is 0 Å². The van der Waals surface area contributed by atoms with Crippen molar-refractivity contribution in [3.63, 3.8) is 0 Å². The third-order valence-electron chi connectivity index (χ3n) is 2.85. The Labute approximate surface area is 136 Å². The van der Waals surface area contributed by atoms with E-state index in [0.717, 1.165) is 17.1 Å². The van der Waals surface area contributed by atoms with Gasteiger partial charge in [-0.05, 0) is 20.3 Å². The van der Waals surface area contributed by atoms with E-state index in [2.05, 4.69) is 19.1 Å². The van der Waals surface area contributed by atoms with Crippen molar-refractivity contribution in [1.82, 2.24) is 14.3 Å². The molecular formula is C13H18F2N4OS2. The molecule has 9 heteroatoms. The first-order valence-corrected chi connectivity index (χ1v) is 8.55. The van der Waals surface area contributed by atoms with Gasteiger partial charge in [0.25, 0.3) is 0 Å². The van der Waals surface area contributed by atoms with Gasteiger partial charge >= 0.3 is 6.61 Å². The van der Waals surface area contributed by atoms with Crippen molar-refractivity contribution in [2.24, 2.45) is 0 Å². The summed E-state index contributed by atoms with van der Waals surface area (Å²) in [7, 11) is 0. The van der Waals surface area contributed by atoms with Crippen LogP contribution in [0.25, 0.3) is 0 Å². The van der Waals surface area contributed by atoms with E-state index in [9.17, 15) is 8.78 Å². The second-order valence-corrected chi connectivity index (χ2v) is 6.47. The lowest BCUT2D eigenvalue weighted by atomic mass is 10.3. The Balaban J connectivity index is 2.10. The fraction of sp³-hybridized carbons (Fsp3) is 0.615. The molecule has 0 bridgehead atoms. The summed E-state index contributed by atoms with van der Waals surface area (Å²) < 4.78 is 33.4. The lowest BCUT2D eigenvalue weighted by Gasteiger charge is -2.24. The molecule has 2 rings (SSSR count). The number of hydrogen-bond acceptors (Lipinski definition) is 7. The molecule has 2 aromatic heterocycles. The van der Waals surface area contributed by atoms with Crippen molar-refractivity contribution in [3.05, 3.63) is 21.9 Å². The highest BCUT2D eigenvalue weighted by Gasteiger charge is 2.19. The molecule has 0 aliphatic rings. The molecule has 122 valence electrons. The van der Waals surface area contributed by atoms with E-state index in [1.807, 2.05) is 17.2 Å². The van der Waals surface area contributed by atoms with E-state index in [0.29, 0.717) is 24.0 Å². The molecule has 2 aromatic rings. The Morgan fingerprint density at radius 2 is 2.14 bits per heavy atom. The Morgan fingerprint density at radius 1 is 1.36 bits per heavy atom. The van der Waals surface area contributed by atoms with Gasteiger partial charge in [-0.3, -0.25) is 0 Å². The summed E-state index contributed by atoms with van der Waals surface area (Å²) in [6, 6.07) is 0. The summed E-state index contributed by atoms with van der Waals surface area (Å²) in [5, 5.41) is 3.73. The predicted molar refractivity (Wildman–Crippen MR) is 83.7 cm³/mol. The lowest BCUT2D eigenvalue weighted by molar-refractivity contribution is -0.155. The van der Waals surface area contributed by atoms with E-state index in [4.69, 9.17) is 0 Å². The van der Waals surface area contributed by atoms with Gasteiger partial charge in [-0.1, -0.05) is 6.92 Å². The summed E-state index contributed by atoms with van der Waals surface area (Å²) in [6.07, 6.45) is 0.265. The minimum atomic E-state index is -2.78. The molecule has 0 saturated carbocycles. The summed E-state index contributed by atoms with van der Waals surface area (Å²) in [5.74, 6) is 0.667. The number of thiazole rings is 1. The van der Waals surface area contributed by atoms with Crippen LogP contribution in [0.2, 0.25) is 0 Å².